The molecular weight excluding hydrogens is 439 g/mol. The second-order valence-electron chi connectivity index (χ2n) is 8.21. The number of nitrogens with two attached hydrogens (primary N) is 1. The van der Waals surface area contributed by atoms with Gasteiger partial charge in [0.15, 0.2) is 0 Å². The monoisotopic (exact) mass is 464 g/mol. The average molecular weight is 465 g/mol. The minimum Gasteiger partial charge on any atom is -0.494 e. The van der Waals surface area contributed by atoms with Crippen molar-refractivity contribution in [3.63, 3.8) is 0 Å². The van der Waals surface area contributed by atoms with Gasteiger partial charge in [0.1, 0.15) is 5.60 Å². The number of nitrogens with one attached hydrogen (secondary N) is 1. The Balaban J connectivity index is 2.01. The molecule has 3 rings (SSSR count). The molecule has 166 valence electrons. The topological polar surface area (TPSA) is 102 Å². The third kappa shape index (κ3) is 5.06. The number of fused-ring (bicyclic) bond motifs is 1. The van der Waals surface area contributed by atoms with Crippen molar-refractivity contribution in [2.75, 3.05) is 6.54 Å². The number of nitrogens with zero attached hydrogens (tertiary/aromatic N) is 2. The van der Waals surface area contributed by atoms with Gasteiger partial charge in [0.05, 0.1) is 10.9 Å². The van der Waals surface area contributed by atoms with E-state index in [4.69, 9.17) is 33.7 Å². The van der Waals surface area contributed by atoms with Gasteiger partial charge >= 0.3 is 6.09 Å². The van der Waals surface area contributed by atoms with Gasteiger partial charge in [-0.15, -0.1) is 0 Å². The Morgan fingerprint density at radius 2 is 2.03 bits per heavy atom. The summed E-state index contributed by atoms with van der Waals surface area (Å²) in [7, 11) is 0. The first kappa shape index (κ1) is 23.2. The van der Waals surface area contributed by atoms with E-state index in [0.717, 1.165) is 16.8 Å². The van der Waals surface area contributed by atoms with Crippen molar-refractivity contribution in [1.29, 1.82) is 0 Å². The summed E-state index contributed by atoms with van der Waals surface area (Å²) in [6.07, 6.45) is 1.22. The van der Waals surface area contributed by atoms with Crippen LogP contribution in [0.4, 0.5) is 4.79 Å². The first-order valence-corrected chi connectivity index (χ1v) is 10.6. The molecule has 0 spiro atoms. The molecule has 0 saturated carbocycles. The number of aromatic hydroxyl groups is 1. The fourth-order valence-corrected chi connectivity index (χ4v) is 3.94. The quantitative estimate of drug-likeness (QED) is 0.492. The standard InChI is InChI=1S/C22H26Cl2N4O3/c1-12-15(10-25)18(14-6-5-13(23)9-16(14)24)19-17(27-12)11-28(20(19)29)8-7-26-21(30)31-22(2,3)4/h5-6,9,11,29H,7-8,10,25H2,1-4H3,(H,26,30). The van der Waals surface area contributed by atoms with Crippen LogP contribution in [0.3, 0.4) is 0 Å². The fourth-order valence-electron chi connectivity index (χ4n) is 3.44. The van der Waals surface area contributed by atoms with Crippen LogP contribution in [0.15, 0.2) is 24.4 Å². The molecule has 0 bridgehead atoms. The zero-order chi connectivity index (χ0) is 22.9. The van der Waals surface area contributed by atoms with Gasteiger partial charge in [0.25, 0.3) is 0 Å². The predicted molar refractivity (Wildman–Crippen MR) is 124 cm³/mol. The molecule has 1 aromatic carbocycles. The zero-order valence-electron chi connectivity index (χ0n) is 17.9. The number of halogens is 2. The van der Waals surface area contributed by atoms with Crippen LogP contribution in [0.1, 0.15) is 32.0 Å². The van der Waals surface area contributed by atoms with Gasteiger partial charge in [-0.05, 0) is 45.4 Å². The maximum Gasteiger partial charge on any atom is 0.407 e. The van der Waals surface area contributed by atoms with Gasteiger partial charge in [0, 0.05) is 52.7 Å². The second-order valence-corrected chi connectivity index (χ2v) is 9.06. The number of hydrogen-bond donors (Lipinski definition) is 3. The first-order valence-electron chi connectivity index (χ1n) is 9.85. The summed E-state index contributed by atoms with van der Waals surface area (Å²) in [4.78, 5) is 16.5. The smallest absolute Gasteiger partial charge is 0.407 e. The minimum atomic E-state index is -0.582. The Labute approximate surface area is 191 Å². The Morgan fingerprint density at radius 3 is 2.65 bits per heavy atom. The van der Waals surface area contributed by atoms with Crippen molar-refractivity contribution in [2.45, 2.75) is 46.4 Å². The number of carbonyl (C=O) groups excluding carboxylic acids is 1. The second kappa shape index (κ2) is 8.94. The van der Waals surface area contributed by atoms with Crippen molar-refractivity contribution < 1.29 is 14.6 Å². The Morgan fingerprint density at radius 1 is 1.32 bits per heavy atom. The van der Waals surface area contributed by atoms with Crippen LogP contribution < -0.4 is 11.1 Å². The van der Waals surface area contributed by atoms with E-state index in [1.165, 1.54) is 0 Å². The average Bonchev–Trinajstić information content (AvgIpc) is 2.95. The van der Waals surface area contributed by atoms with Gasteiger partial charge in [-0.1, -0.05) is 29.3 Å². The molecule has 4 N–H and O–H groups in total. The Kier molecular flexibility index (Phi) is 6.69. The van der Waals surface area contributed by atoms with Crippen LogP contribution in [-0.2, 0) is 17.8 Å². The van der Waals surface area contributed by atoms with Crippen LogP contribution in [0.25, 0.3) is 22.0 Å². The highest BCUT2D eigenvalue weighted by molar-refractivity contribution is 6.36. The molecule has 0 saturated heterocycles. The summed E-state index contributed by atoms with van der Waals surface area (Å²) < 4.78 is 6.86. The number of aromatic nitrogens is 2. The number of hydrogen-bond acceptors (Lipinski definition) is 5. The van der Waals surface area contributed by atoms with Crippen LogP contribution in [0, 0.1) is 6.92 Å². The summed E-state index contributed by atoms with van der Waals surface area (Å²) in [5, 5.41) is 15.2. The van der Waals surface area contributed by atoms with Gasteiger partial charge in [-0.2, -0.15) is 0 Å². The van der Waals surface area contributed by atoms with Crippen molar-refractivity contribution in [3.05, 3.63) is 45.7 Å². The minimum absolute atomic E-state index is 0.0178. The highest BCUT2D eigenvalue weighted by Gasteiger charge is 2.22. The number of alkyl carbamates (subject to hydrolysis) is 1. The Hall–Kier alpha value is -2.48. The third-order valence-corrected chi connectivity index (χ3v) is 5.28. The molecule has 0 unspecified atom stereocenters. The molecule has 0 radical (unpaired) electrons. The molecule has 31 heavy (non-hydrogen) atoms. The first-order chi connectivity index (χ1) is 14.5. The van der Waals surface area contributed by atoms with Crippen LogP contribution in [0.2, 0.25) is 10.0 Å². The number of carbonyl (C=O) groups is 1. The van der Waals surface area contributed by atoms with Gasteiger partial charge < -0.3 is 25.5 Å². The lowest BCUT2D eigenvalue weighted by atomic mass is 9.95. The highest BCUT2D eigenvalue weighted by atomic mass is 35.5. The van der Waals surface area contributed by atoms with Crippen LogP contribution >= 0.6 is 23.2 Å². The molecule has 9 heteroatoms. The van der Waals surface area contributed by atoms with E-state index in [-0.39, 0.29) is 19.0 Å². The maximum atomic E-state index is 11.9. The molecule has 7 nitrogen and oxygen atoms in total. The summed E-state index contributed by atoms with van der Waals surface area (Å²) in [5.41, 5.74) is 9.02. The van der Waals surface area contributed by atoms with E-state index in [9.17, 15) is 9.90 Å². The van der Waals surface area contributed by atoms with E-state index < -0.39 is 11.7 Å². The Bertz CT molecular complexity index is 1140. The van der Waals surface area contributed by atoms with Gasteiger partial charge in [-0.3, -0.25) is 4.98 Å². The lowest BCUT2D eigenvalue weighted by molar-refractivity contribution is 0.0525. The summed E-state index contributed by atoms with van der Waals surface area (Å²) >= 11 is 12.5. The van der Waals surface area contributed by atoms with Crippen molar-refractivity contribution in [1.82, 2.24) is 14.9 Å². The van der Waals surface area contributed by atoms with Crippen LogP contribution in [0.5, 0.6) is 5.88 Å². The van der Waals surface area contributed by atoms with Gasteiger partial charge in [0.2, 0.25) is 5.88 Å². The van der Waals surface area contributed by atoms with E-state index in [0.29, 0.717) is 33.1 Å². The molecular formula is C22H26Cl2N4O3. The molecule has 3 aromatic rings. The number of aryl methyl sites for hydroxylation is 1. The molecule has 2 aromatic heterocycles. The molecule has 0 atom stereocenters. The van der Waals surface area contributed by atoms with E-state index in [1.54, 1.807) is 49.7 Å². The SMILES string of the molecule is Cc1nc2cn(CCNC(=O)OC(C)(C)C)c(O)c2c(-c2ccc(Cl)cc2Cl)c1CN. The lowest BCUT2D eigenvalue weighted by Gasteiger charge is -2.19. The third-order valence-electron chi connectivity index (χ3n) is 4.73. The number of ether oxygens (including phenoxy) is 1. The molecule has 2 heterocycles. The molecule has 0 aliphatic rings. The summed E-state index contributed by atoms with van der Waals surface area (Å²) in [6.45, 7) is 8.08. The maximum absolute atomic E-state index is 11.9. The highest BCUT2D eigenvalue weighted by Crippen LogP contribution is 2.42. The van der Waals surface area contributed by atoms with E-state index in [2.05, 4.69) is 10.3 Å². The molecule has 0 aliphatic heterocycles. The number of amides is 1. The summed E-state index contributed by atoms with van der Waals surface area (Å²) in [6, 6.07) is 5.20. The fraction of sp³-hybridized carbons (Fsp3) is 0.364. The van der Waals surface area contributed by atoms with E-state index >= 15 is 0 Å². The summed E-state index contributed by atoms with van der Waals surface area (Å²) in [5.74, 6) is 0.0178. The number of pyridine rings is 1. The molecule has 0 aliphatic carbocycles. The number of benzene rings is 1. The van der Waals surface area contributed by atoms with Crippen molar-refractivity contribution in [2.24, 2.45) is 5.73 Å². The predicted octanol–water partition coefficient (Wildman–Crippen LogP) is 5.01. The lowest BCUT2D eigenvalue weighted by Crippen LogP contribution is -2.34. The van der Waals surface area contributed by atoms with E-state index in [1.807, 2.05) is 6.92 Å². The normalized spacial score (nSPS) is 11.7. The van der Waals surface area contributed by atoms with Crippen LogP contribution in [-0.4, -0.2) is 32.9 Å². The largest absolute Gasteiger partial charge is 0.494 e. The van der Waals surface area contributed by atoms with Crippen molar-refractivity contribution in [3.8, 4) is 17.0 Å². The van der Waals surface area contributed by atoms with Crippen molar-refractivity contribution >= 4 is 40.2 Å². The van der Waals surface area contributed by atoms with Gasteiger partial charge in [-0.25, -0.2) is 4.79 Å². The zero-order valence-corrected chi connectivity index (χ0v) is 19.4. The molecule has 1 amide bonds. The number of rotatable bonds is 5. The molecule has 0 fully saturated rings.